The lowest BCUT2D eigenvalue weighted by atomic mass is 10.1. The molecule has 0 saturated heterocycles. The van der Waals surface area contributed by atoms with Crippen molar-refractivity contribution in [2.24, 2.45) is 0 Å². The van der Waals surface area contributed by atoms with Crippen LogP contribution >= 0.6 is 11.6 Å². The lowest BCUT2D eigenvalue weighted by Crippen LogP contribution is -2.16. The largest absolute Gasteiger partial charge is 0.312 e. The average Bonchev–Trinajstić information content (AvgIpc) is 3.38. The van der Waals surface area contributed by atoms with Crippen molar-refractivity contribution in [1.82, 2.24) is 29.9 Å². The van der Waals surface area contributed by atoms with Gasteiger partial charge < -0.3 is 5.32 Å². The molecule has 0 fully saturated rings. The highest BCUT2D eigenvalue weighted by Gasteiger charge is 2.08. The molecule has 28 heavy (non-hydrogen) atoms. The van der Waals surface area contributed by atoms with Gasteiger partial charge in [-0.1, -0.05) is 54.1 Å². The van der Waals surface area contributed by atoms with E-state index in [2.05, 4.69) is 57.0 Å². The van der Waals surface area contributed by atoms with Gasteiger partial charge >= 0.3 is 0 Å². The van der Waals surface area contributed by atoms with Crippen molar-refractivity contribution >= 4 is 11.6 Å². The van der Waals surface area contributed by atoms with Gasteiger partial charge in [-0.05, 0) is 36.2 Å². The fourth-order valence-corrected chi connectivity index (χ4v) is 3.24. The summed E-state index contributed by atoms with van der Waals surface area (Å²) in [6, 6.07) is 18.6. The first kappa shape index (κ1) is 18.4. The van der Waals surface area contributed by atoms with Gasteiger partial charge in [0.05, 0.1) is 12.7 Å². The Labute approximate surface area is 168 Å². The Kier molecular flexibility index (Phi) is 5.80. The van der Waals surface area contributed by atoms with Crippen molar-refractivity contribution in [1.29, 1.82) is 0 Å². The Morgan fingerprint density at radius 3 is 2.39 bits per heavy atom. The summed E-state index contributed by atoms with van der Waals surface area (Å²) in [7, 11) is 0. The van der Waals surface area contributed by atoms with Gasteiger partial charge in [0.15, 0.2) is 0 Å². The molecule has 6 nitrogen and oxygen atoms in total. The van der Waals surface area contributed by atoms with Crippen LogP contribution in [-0.4, -0.2) is 31.1 Å². The predicted octanol–water partition coefficient (Wildman–Crippen LogP) is 3.50. The second-order valence-electron chi connectivity index (χ2n) is 6.57. The van der Waals surface area contributed by atoms with Gasteiger partial charge in [0.1, 0.15) is 17.8 Å². The van der Waals surface area contributed by atoms with Crippen LogP contribution in [0.3, 0.4) is 0 Å². The molecule has 0 aliphatic rings. The third-order valence-electron chi connectivity index (χ3n) is 4.58. The third kappa shape index (κ3) is 4.47. The number of benzene rings is 2. The lowest BCUT2D eigenvalue weighted by Gasteiger charge is -2.07. The zero-order valence-electron chi connectivity index (χ0n) is 15.4. The Hall–Kier alpha value is -2.96. The van der Waals surface area contributed by atoms with Gasteiger partial charge in [0.25, 0.3) is 0 Å². The Morgan fingerprint density at radius 1 is 0.893 bits per heavy atom. The van der Waals surface area contributed by atoms with Crippen LogP contribution in [0, 0.1) is 0 Å². The summed E-state index contributed by atoms with van der Waals surface area (Å²) in [6.07, 6.45) is 6.17. The zero-order chi connectivity index (χ0) is 19.2. The second-order valence-corrected chi connectivity index (χ2v) is 6.92. The van der Waals surface area contributed by atoms with E-state index in [0.717, 1.165) is 24.2 Å². The maximum atomic E-state index is 6.48. The number of nitrogens with one attached hydrogen (secondary N) is 1. The molecule has 1 N–H and O–H groups in total. The number of rotatable bonds is 8. The maximum absolute atomic E-state index is 6.48. The molecule has 0 unspecified atom stereocenters. The van der Waals surface area contributed by atoms with E-state index >= 15 is 0 Å². The molecule has 2 aromatic heterocycles. The van der Waals surface area contributed by atoms with Crippen LogP contribution < -0.4 is 5.32 Å². The number of hydrogen-bond donors (Lipinski definition) is 1. The zero-order valence-corrected chi connectivity index (χ0v) is 16.1. The highest BCUT2D eigenvalue weighted by atomic mass is 35.5. The summed E-state index contributed by atoms with van der Waals surface area (Å²) >= 11 is 6.48. The summed E-state index contributed by atoms with van der Waals surface area (Å²) in [4.78, 5) is 0. The third-order valence-corrected chi connectivity index (χ3v) is 5.02. The van der Waals surface area contributed by atoms with Crippen LogP contribution in [0.25, 0.3) is 5.69 Å². The molecule has 0 saturated carbocycles. The Bertz CT molecular complexity index is 993. The average molecular weight is 393 g/mol. The van der Waals surface area contributed by atoms with Crippen LogP contribution in [0.5, 0.6) is 0 Å². The van der Waals surface area contributed by atoms with E-state index < -0.39 is 0 Å². The van der Waals surface area contributed by atoms with E-state index in [1.165, 1.54) is 11.1 Å². The smallest absolute Gasteiger partial charge is 0.131 e. The highest BCUT2D eigenvalue weighted by molar-refractivity contribution is 6.30. The molecule has 0 aliphatic heterocycles. The first-order valence-electron chi connectivity index (χ1n) is 9.18. The highest BCUT2D eigenvalue weighted by Crippen LogP contribution is 2.17. The fraction of sp³-hybridized carbons (Fsp3) is 0.190. The second kappa shape index (κ2) is 8.82. The monoisotopic (exact) mass is 392 g/mol. The van der Waals surface area contributed by atoms with Crippen LogP contribution in [0.4, 0.5) is 0 Å². The number of halogens is 1. The summed E-state index contributed by atoms with van der Waals surface area (Å²) in [5.41, 5.74) is 4.52. The topological polar surface area (TPSA) is 60.6 Å². The first-order valence-corrected chi connectivity index (χ1v) is 9.56. The molecule has 2 aromatic carbocycles. The van der Waals surface area contributed by atoms with Gasteiger partial charge in [-0.3, -0.25) is 4.57 Å². The molecule has 7 heteroatoms. The molecule has 0 amide bonds. The van der Waals surface area contributed by atoms with Crippen molar-refractivity contribution in [2.75, 3.05) is 6.54 Å². The number of hydrogen-bond acceptors (Lipinski definition) is 4. The maximum Gasteiger partial charge on any atom is 0.131 e. The fourth-order valence-electron chi connectivity index (χ4n) is 3.02. The predicted molar refractivity (Wildman–Crippen MR) is 110 cm³/mol. The minimum Gasteiger partial charge on any atom is -0.312 e. The van der Waals surface area contributed by atoms with Crippen molar-refractivity contribution < 1.29 is 0 Å². The summed E-state index contributed by atoms with van der Waals surface area (Å²) in [5.74, 6) is 0. The van der Waals surface area contributed by atoms with Crippen LogP contribution in [-0.2, 0) is 19.5 Å². The minimum absolute atomic E-state index is 0.679. The normalized spacial score (nSPS) is 11.0. The summed E-state index contributed by atoms with van der Waals surface area (Å²) in [5, 5.41) is 16.2. The molecular weight excluding hydrogens is 372 g/mol. The molecule has 0 bridgehead atoms. The van der Waals surface area contributed by atoms with Gasteiger partial charge in [-0.2, -0.15) is 5.10 Å². The number of nitrogens with zero attached hydrogens (tertiary/aromatic N) is 5. The van der Waals surface area contributed by atoms with Crippen molar-refractivity contribution in [3.05, 3.63) is 95.3 Å². The summed E-state index contributed by atoms with van der Waals surface area (Å²) in [6.45, 7) is 2.25. The van der Waals surface area contributed by atoms with Crippen LogP contribution in [0.15, 0.2) is 73.4 Å². The first-order chi connectivity index (χ1) is 13.8. The van der Waals surface area contributed by atoms with E-state index in [4.69, 9.17) is 11.6 Å². The SMILES string of the molecule is Clc1c(CNCCc2ccc(-n3cnnc3)cc2)cnn1Cc1ccccc1. The lowest BCUT2D eigenvalue weighted by molar-refractivity contribution is 0.676. The Balaban J connectivity index is 1.26. The van der Waals surface area contributed by atoms with Crippen molar-refractivity contribution in [3.8, 4) is 5.69 Å². The van der Waals surface area contributed by atoms with E-state index in [9.17, 15) is 0 Å². The molecular formula is C21H21ClN6. The standard InChI is InChI=1S/C21H21ClN6/c22-21-19(13-26-28(21)14-18-4-2-1-3-5-18)12-23-11-10-17-6-8-20(9-7-17)27-15-24-25-16-27/h1-9,13,15-16,23H,10-12,14H2. The van der Waals surface area contributed by atoms with E-state index in [-0.39, 0.29) is 0 Å². The summed E-state index contributed by atoms with van der Waals surface area (Å²) < 4.78 is 3.72. The number of aromatic nitrogens is 5. The molecule has 0 radical (unpaired) electrons. The minimum atomic E-state index is 0.679. The van der Waals surface area contributed by atoms with E-state index in [0.29, 0.717) is 18.2 Å². The quantitative estimate of drug-likeness (QED) is 0.466. The van der Waals surface area contributed by atoms with Gasteiger partial charge in [0, 0.05) is 17.8 Å². The van der Waals surface area contributed by atoms with E-state index in [1.807, 2.05) is 33.6 Å². The molecule has 0 spiro atoms. The molecule has 4 rings (SSSR count). The van der Waals surface area contributed by atoms with Gasteiger partial charge in [-0.15, -0.1) is 10.2 Å². The molecule has 2 heterocycles. The van der Waals surface area contributed by atoms with Gasteiger partial charge in [-0.25, -0.2) is 4.68 Å². The van der Waals surface area contributed by atoms with Crippen LogP contribution in [0.2, 0.25) is 5.15 Å². The molecule has 4 aromatic rings. The Morgan fingerprint density at radius 2 is 1.64 bits per heavy atom. The molecule has 0 atom stereocenters. The molecule has 0 aliphatic carbocycles. The van der Waals surface area contributed by atoms with Gasteiger partial charge in [0.2, 0.25) is 0 Å². The van der Waals surface area contributed by atoms with Crippen molar-refractivity contribution in [2.45, 2.75) is 19.5 Å². The van der Waals surface area contributed by atoms with Crippen LogP contribution in [0.1, 0.15) is 16.7 Å². The van der Waals surface area contributed by atoms with Crippen molar-refractivity contribution in [3.63, 3.8) is 0 Å². The van der Waals surface area contributed by atoms with E-state index in [1.54, 1.807) is 12.7 Å². The molecule has 142 valence electrons.